The van der Waals surface area contributed by atoms with Crippen LogP contribution in [0, 0.1) is 50.2 Å². The van der Waals surface area contributed by atoms with Gasteiger partial charge < -0.3 is 81.3 Å². The van der Waals surface area contributed by atoms with Crippen molar-refractivity contribution in [2.75, 3.05) is 19.8 Å². The van der Waals surface area contributed by atoms with Crippen LogP contribution >= 0.6 is 0 Å². The van der Waals surface area contributed by atoms with E-state index in [2.05, 4.69) is 54.5 Å². The Kier molecular flexibility index (Phi) is 28.8. The molecular weight excluding hydrogens is 1770 g/mol. The zero-order chi connectivity index (χ0) is 96.8. The Bertz CT molecular complexity index is 5860. The Morgan fingerprint density at radius 3 is 1.06 bits per heavy atom. The van der Waals surface area contributed by atoms with E-state index in [4.69, 9.17) is 71.1 Å². The van der Waals surface area contributed by atoms with Gasteiger partial charge >= 0.3 is 59.7 Å². The first kappa shape index (κ1) is 96.8. The van der Waals surface area contributed by atoms with Crippen molar-refractivity contribution in [3.63, 3.8) is 0 Å². The molecule has 7 fully saturated rings. The van der Waals surface area contributed by atoms with Gasteiger partial charge in [-0.1, -0.05) is 224 Å². The summed E-state index contributed by atoms with van der Waals surface area (Å²) in [7, 11) is 0. The molecule has 23 atom stereocenters. The standard InChI is InChI=1S/C111H114O27/c1-106(2)59-61-111(105(123)138-104-92(136-101(122)75-51-33-16-34-52-75)89(134-99(120)73-47-29-14-30-48-73)86(131-96(117)70-41-23-11-24-42-70)80(128-104)66-125-94(115)68-37-19-9-20-38-68)62-60-109(6)76(77(111)63-106)53-54-82-108(5)57-56-83(107(3,4)81(108)55-58-110(82,109)7)129-102-90(87(84(113)78(64-112)126-102)132-97(118)71-43-25-12-26-44-71)137-103-91(135-100(121)74-49-31-15-32-50-74)88(133-98(119)72-45-27-13-28-46-72)85(130-95(116)69-39-21-10-22-40-69)79(127-103)65-124-93(114)67-35-17-8-18-36-67/h8-53,77-92,102-104,112-113H,54-66H2,1-7H3/t77-,78+,79+,80+,81-,82+,83-,84+,85+,86+,87-,88-,89-,90+,91+,92+,102-,103-,104-,108-,109+,110+,111-/m0/s1. The fourth-order valence-corrected chi connectivity index (χ4v) is 22.8. The number of carbonyl (C=O) groups is 10. The van der Waals surface area contributed by atoms with Gasteiger partial charge in [0, 0.05) is 0 Å². The van der Waals surface area contributed by atoms with E-state index in [9.17, 15) is 48.6 Å². The van der Waals surface area contributed by atoms with Gasteiger partial charge in [-0.3, -0.25) is 4.79 Å². The summed E-state index contributed by atoms with van der Waals surface area (Å²) in [5.74, 6) is -9.42. The Hall–Kier alpha value is -12.9. The van der Waals surface area contributed by atoms with Gasteiger partial charge in [-0.2, -0.15) is 0 Å². The molecule has 0 unspecified atom stereocenters. The number of benzene rings is 9. The Balaban J connectivity index is 0.701. The van der Waals surface area contributed by atoms with Crippen molar-refractivity contribution in [1.29, 1.82) is 0 Å². The molecule has 0 spiro atoms. The number of carbonyl (C=O) groups excluding carboxylic acids is 10. The van der Waals surface area contributed by atoms with Crippen molar-refractivity contribution in [3.05, 3.63) is 335 Å². The van der Waals surface area contributed by atoms with Crippen molar-refractivity contribution in [3.8, 4) is 0 Å². The summed E-state index contributed by atoms with van der Waals surface area (Å²) in [6, 6.07) is 71.8. The van der Waals surface area contributed by atoms with E-state index in [1.165, 1.54) is 97.1 Å². The summed E-state index contributed by atoms with van der Waals surface area (Å²) in [6.07, 6.45) is -20.1. The quantitative estimate of drug-likeness (QED) is 0.0209. The van der Waals surface area contributed by atoms with E-state index in [0.717, 1.165) is 5.57 Å². The van der Waals surface area contributed by atoms with Crippen molar-refractivity contribution in [1.82, 2.24) is 0 Å². The molecule has 27 heteroatoms. The number of ether oxygens (including phenoxy) is 15. The largest absolute Gasteiger partial charge is 0.459 e. The van der Waals surface area contributed by atoms with E-state index in [1.54, 1.807) is 176 Å². The van der Waals surface area contributed by atoms with E-state index >= 15 is 9.59 Å². The molecule has 17 rings (SSSR count). The fourth-order valence-electron chi connectivity index (χ4n) is 22.8. The lowest BCUT2D eigenvalue weighted by Crippen LogP contribution is -2.68. The number of aliphatic hydroxyl groups excluding tert-OH is 2. The number of hydrogen-bond acceptors (Lipinski definition) is 27. The second-order valence-corrected chi connectivity index (χ2v) is 39.2. The van der Waals surface area contributed by atoms with Crippen LogP contribution in [0.1, 0.15) is 206 Å². The van der Waals surface area contributed by atoms with Gasteiger partial charge in [-0.25, -0.2) is 43.2 Å². The number of rotatable bonds is 27. The third kappa shape index (κ3) is 19.9. The Morgan fingerprint density at radius 2 is 0.667 bits per heavy atom. The first-order chi connectivity index (χ1) is 66.5. The lowest BCUT2D eigenvalue weighted by molar-refractivity contribution is -0.376. The molecule has 27 nitrogen and oxygen atoms in total. The average molecular weight is 1880 g/mol. The fraction of sp³-hybridized carbons (Fsp3) is 0.405. The zero-order valence-electron chi connectivity index (χ0n) is 77.8. The van der Waals surface area contributed by atoms with Crippen LogP contribution in [0.2, 0.25) is 0 Å². The maximum Gasteiger partial charge on any atom is 0.338 e. The lowest BCUT2D eigenvalue weighted by atomic mass is 9.33. The van der Waals surface area contributed by atoms with Gasteiger partial charge in [-0.05, 0) is 218 Å². The van der Waals surface area contributed by atoms with Gasteiger partial charge in [0.05, 0.1) is 68.2 Å². The minimum Gasteiger partial charge on any atom is -0.459 e. The molecular formula is C111H114O27. The Morgan fingerprint density at radius 1 is 0.333 bits per heavy atom. The summed E-state index contributed by atoms with van der Waals surface area (Å²) >= 11 is 0. The second-order valence-electron chi connectivity index (χ2n) is 39.2. The molecule has 0 radical (unpaired) electrons. The molecule has 0 aromatic heterocycles. The molecule has 3 aliphatic heterocycles. The maximum absolute atomic E-state index is 16.7. The number of allylic oxidation sites excluding steroid dienone is 2. The van der Waals surface area contributed by atoms with Gasteiger partial charge in [0.25, 0.3) is 0 Å². The summed E-state index contributed by atoms with van der Waals surface area (Å²) in [5, 5.41) is 24.1. The highest BCUT2D eigenvalue weighted by atomic mass is 16.8. The highest BCUT2D eigenvalue weighted by molar-refractivity contribution is 5.94. The van der Waals surface area contributed by atoms with E-state index in [0.29, 0.717) is 64.2 Å². The molecule has 720 valence electrons. The molecule has 0 bridgehead atoms. The SMILES string of the molecule is CC1(C)CC[C@]2(C(=O)O[C@@H]3O[C@H](COC(=O)c4ccccc4)[C@@H](OC(=O)c4ccccc4)[C@H](OC(=O)c4ccccc4)[C@H]3OC(=O)c3ccccc3)CC[C@]3(C)C(=CC[C@@H]4[C@@]5(C)CC[C@H](O[C@@H]6O[C@H](CO)[C@@H](O)[C@H](OC(=O)c7ccccc7)[C@H]6O[C@@H]6O[C@H](COC(=O)c7ccccc7)[C@@H](OC(=O)c7ccccc7)[C@H](OC(=O)c7ccccc7)[C@H]6OC(=O)c6ccccc6)C(C)(C)[C@@H]5CC[C@]43C)[C@@H]2C1. The second kappa shape index (κ2) is 41.1. The number of aliphatic hydroxyl groups is 2. The van der Waals surface area contributed by atoms with Crippen LogP contribution in [0.15, 0.2) is 285 Å². The molecule has 4 saturated carbocycles. The molecule has 3 heterocycles. The van der Waals surface area contributed by atoms with Crippen molar-refractivity contribution in [2.24, 2.45) is 50.2 Å². The van der Waals surface area contributed by atoms with Crippen LogP contribution in [0.4, 0.5) is 0 Å². The first-order valence-corrected chi connectivity index (χ1v) is 47.2. The monoisotopic (exact) mass is 1880 g/mol. The predicted octanol–water partition coefficient (Wildman–Crippen LogP) is 16.9. The maximum atomic E-state index is 16.7. The van der Waals surface area contributed by atoms with Crippen molar-refractivity contribution >= 4 is 59.7 Å². The molecule has 3 saturated heterocycles. The van der Waals surface area contributed by atoms with Crippen LogP contribution in [-0.4, -0.2) is 188 Å². The third-order valence-electron chi connectivity index (χ3n) is 30.3. The summed E-state index contributed by atoms with van der Waals surface area (Å²) in [5.41, 5.74) is -1.93. The number of hydrogen-bond donors (Lipinski definition) is 2. The van der Waals surface area contributed by atoms with Gasteiger partial charge in [0.15, 0.2) is 55.3 Å². The summed E-state index contributed by atoms with van der Waals surface area (Å²) in [4.78, 5) is 149. The van der Waals surface area contributed by atoms with Crippen molar-refractivity contribution in [2.45, 2.75) is 211 Å². The van der Waals surface area contributed by atoms with Crippen LogP contribution in [0.3, 0.4) is 0 Å². The first-order valence-electron chi connectivity index (χ1n) is 47.2. The minimum atomic E-state index is -2.05. The minimum absolute atomic E-state index is 0.00759. The van der Waals surface area contributed by atoms with Crippen LogP contribution in [0.5, 0.6) is 0 Å². The van der Waals surface area contributed by atoms with Crippen LogP contribution in [-0.2, 0) is 75.8 Å². The zero-order valence-corrected chi connectivity index (χ0v) is 77.8. The smallest absolute Gasteiger partial charge is 0.338 e. The third-order valence-corrected chi connectivity index (χ3v) is 30.3. The lowest BCUT2D eigenvalue weighted by Gasteiger charge is -2.71. The number of esters is 10. The van der Waals surface area contributed by atoms with Gasteiger partial charge in [-0.15, -0.1) is 0 Å². The normalized spacial score (nSPS) is 30.9. The van der Waals surface area contributed by atoms with Crippen molar-refractivity contribution < 1.29 is 129 Å². The summed E-state index contributed by atoms with van der Waals surface area (Å²) in [6.45, 7) is 13.6. The van der Waals surface area contributed by atoms with E-state index in [1.807, 2.05) is 0 Å². The molecule has 5 aliphatic carbocycles. The molecule has 9 aromatic rings. The molecule has 138 heavy (non-hydrogen) atoms. The van der Waals surface area contributed by atoms with Crippen LogP contribution in [0.25, 0.3) is 0 Å². The molecule has 8 aliphatic rings. The van der Waals surface area contributed by atoms with E-state index in [-0.39, 0.29) is 67.3 Å². The highest BCUT2D eigenvalue weighted by Crippen LogP contribution is 2.76. The highest BCUT2D eigenvalue weighted by Gasteiger charge is 2.71. The van der Waals surface area contributed by atoms with E-state index < -0.39 is 211 Å². The predicted molar refractivity (Wildman–Crippen MR) is 497 cm³/mol. The summed E-state index contributed by atoms with van der Waals surface area (Å²) < 4.78 is 99.5. The molecule has 0 amide bonds. The molecule has 2 N–H and O–H groups in total. The average Bonchev–Trinajstić information content (AvgIpc) is 0.672. The van der Waals surface area contributed by atoms with Crippen LogP contribution < -0.4 is 0 Å². The molecule has 9 aromatic carbocycles. The Labute approximate surface area is 800 Å². The van der Waals surface area contributed by atoms with Gasteiger partial charge in [0.2, 0.25) is 12.4 Å². The van der Waals surface area contributed by atoms with Gasteiger partial charge in [0.1, 0.15) is 37.6 Å². The topological polar surface area (TPSA) is 350 Å². The number of fused-ring (bicyclic) bond motifs is 7.